The Hall–Kier alpha value is -2.96. The highest BCUT2D eigenvalue weighted by atomic mass is 16.6. The van der Waals surface area contributed by atoms with Gasteiger partial charge in [0.1, 0.15) is 6.04 Å². The Morgan fingerprint density at radius 2 is 1.57 bits per heavy atom. The summed E-state index contributed by atoms with van der Waals surface area (Å²) in [5.41, 5.74) is 1.34. The van der Waals surface area contributed by atoms with Crippen LogP contribution in [-0.4, -0.2) is 16.4 Å². The van der Waals surface area contributed by atoms with Gasteiger partial charge in [0, 0.05) is 22.7 Å². The van der Waals surface area contributed by atoms with E-state index in [1.807, 2.05) is 18.2 Å². The normalized spacial score (nSPS) is 11.6. The summed E-state index contributed by atoms with van der Waals surface area (Å²) < 4.78 is 0. The lowest BCUT2D eigenvalue weighted by atomic mass is 10.1. The SMILES string of the molecule is O=[N+]([O-])CC(Nc1ccccc1)c1ccc([N+](=O)[O-])cc1. The number of nitrogens with zero attached hydrogens (tertiary/aromatic N) is 2. The van der Waals surface area contributed by atoms with Crippen molar-refractivity contribution >= 4 is 11.4 Å². The molecular weight excluding hydrogens is 274 g/mol. The Bertz CT molecular complexity index is 628. The summed E-state index contributed by atoms with van der Waals surface area (Å²) in [5, 5.41) is 24.5. The zero-order chi connectivity index (χ0) is 15.2. The summed E-state index contributed by atoms with van der Waals surface area (Å²) in [6.45, 7) is -0.313. The van der Waals surface area contributed by atoms with Gasteiger partial charge in [-0.2, -0.15) is 0 Å². The fraction of sp³-hybridized carbons (Fsp3) is 0.143. The minimum Gasteiger partial charge on any atom is -0.372 e. The van der Waals surface area contributed by atoms with Gasteiger partial charge in [-0.1, -0.05) is 18.2 Å². The van der Waals surface area contributed by atoms with Crippen LogP contribution in [0.25, 0.3) is 0 Å². The molecule has 2 aromatic rings. The topological polar surface area (TPSA) is 98.3 Å². The molecule has 2 aromatic carbocycles. The molecule has 1 atom stereocenters. The maximum atomic E-state index is 10.8. The van der Waals surface area contributed by atoms with E-state index < -0.39 is 15.9 Å². The number of nitro benzene ring substituents is 1. The van der Waals surface area contributed by atoms with Crippen molar-refractivity contribution in [1.82, 2.24) is 0 Å². The fourth-order valence-corrected chi connectivity index (χ4v) is 1.95. The third-order valence-electron chi connectivity index (χ3n) is 2.95. The van der Waals surface area contributed by atoms with Gasteiger partial charge < -0.3 is 5.32 Å². The summed E-state index contributed by atoms with van der Waals surface area (Å²) in [7, 11) is 0. The van der Waals surface area contributed by atoms with Gasteiger partial charge in [0.25, 0.3) is 5.69 Å². The Balaban J connectivity index is 2.22. The molecule has 0 aliphatic carbocycles. The van der Waals surface area contributed by atoms with Gasteiger partial charge in [-0.25, -0.2) is 0 Å². The number of para-hydroxylation sites is 1. The summed E-state index contributed by atoms with van der Waals surface area (Å²) in [5.74, 6) is 0. The number of hydrogen-bond donors (Lipinski definition) is 1. The number of rotatable bonds is 6. The minimum atomic E-state index is -0.553. The number of benzene rings is 2. The standard InChI is InChI=1S/C14H13N3O4/c18-16(19)10-14(15-12-4-2-1-3-5-12)11-6-8-13(9-7-11)17(20)21/h1-9,14-15H,10H2. The van der Waals surface area contributed by atoms with Crippen LogP contribution in [0.5, 0.6) is 0 Å². The summed E-state index contributed by atoms with van der Waals surface area (Å²) in [6.07, 6.45) is 0. The Morgan fingerprint density at radius 1 is 0.952 bits per heavy atom. The first-order chi connectivity index (χ1) is 10.1. The van der Waals surface area contributed by atoms with E-state index in [-0.39, 0.29) is 12.2 Å². The molecule has 0 saturated heterocycles. The highest BCUT2D eigenvalue weighted by Gasteiger charge is 2.18. The van der Waals surface area contributed by atoms with Gasteiger partial charge in [-0.15, -0.1) is 0 Å². The molecule has 0 aromatic heterocycles. The molecular formula is C14H13N3O4. The van der Waals surface area contributed by atoms with Crippen LogP contribution in [-0.2, 0) is 0 Å². The van der Waals surface area contributed by atoms with Gasteiger partial charge in [0.15, 0.2) is 0 Å². The minimum absolute atomic E-state index is 0.0432. The van der Waals surface area contributed by atoms with Crippen LogP contribution in [0.1, 0.15) is 11.6 Å². The van der Waals surface area contributed by atoms with Crippen molar-refractivity contribution in [2.24, 2.45) is 0 Å². The predicted molar refractivity (Wildman–Crippen MR) is 77.8 cm³/mol. The summed E-state index contributed by atoms with van der Waals surface area (Å²) in [6, 6.07) is 14.3. The molecule has 108 valence electrons. The van der Waals surface area contributed by atoms with Gasteiger partial charge >= 0.3 is 0 Å². The molecule has 1 unspecified atom stereocenters. The molecule has 0 heterocycles. The van der Waals surface area contributed by atoms with Crippen LogP contribution in [0.4, 0.5) is 11.4 Å². The van der Waals surface area contributed by atoms with E-state index in [1.54, 1.807) is 12.1 Å². The number of nitro groups is 2. The van der Waals surface area contributed by atoms with Crippen molar-refractivity contribution in [2.75, 3.05) is 11.9 Å². The zero-order valence-electron chi connectivity index (χ0n) is 11.0. The molecule has 7 heteroatoms. The van der Waals surface area contributed by atoms with E-state index >= 15 is 0 Å². The van der Waals surface area contributed by atoms with Crippen LogP contribution < -0.4 is 5.32 Å². The lowest BCUT2D eigenvalue weighted by molar-refractivity contribution is -0.482. The average molecular weight is 287 g/mol. The molecule has 0 amide bonds. The Labute approximate surface area is 120 Å². The smallest absolute Gasteiger partial charge is 0.269 e. The van der Waals surface area contributed by atoms with Crippen molar-refractivity contribution in [3.05, 3.63) is 80.4 Å². The van der Waals surface area contributed by atoms with Gasteiger partial charge in [-0.05, 0) is 29.8 Å². The highest BCUT2D eigenvalue weighted by molar-refractivity contribution is 5.46. The van der Waals surface area contributed by atoms with Crippen molar-refractivity contribution in [3.63, 3.8) is 0 Å². The highest BCUT2D eigenvalue weighted by Crippen LogP contribution is 2.22. The molecule has 1 N–H and O–H groups in total. The molecule has 0 spiro atoms. The van der Waals surface area contributed by atoms with Crippen molar-refractivity contribution < 1.29 is 9.85 Å². The quantitative estimate of drug-likeness (QED) is 0.650. The maximum absolute atomic E-state index is 10.8. The molecule has 0 aliphatic rings. The van der Waals surface area contributed by atoms with Crippen LogP contribution in [0.2, 0.25) is 0 Å². The van der Waals surface area contributed by atoms with E-state index in [4.69, 9.17) is 0 Å². The summed E-state index contributed by atoms with van der Waals surface area (Å²) >= 11 is 0. The van der Waals surface area contributed by atoms with E-state index in [2.05, 4.69) is 5.32 Å². The lowest BCUT2D eigenvalue weighted by Crippen LogP contribution is -2.20. The monoisotopic (exact) mass is 287 g/mol. The Kier molecular flexibility index (Phi) is 4.45. The van der Waals surface area contributed by atoms with Crippen LogP contribution >= 0.6 is 0 Å². The van der Waals surface area contributed by atoms with Crippen LogP contribution in [0.3, 0.4) is 0 Å². The lowest BCUT2D eigenvalue weighted by Gasteiger charge is -2.16. The number of non-ortho nitro benzene ring substituents is 1. The third-order valence-corrected chi connectivity index (χ3v) is 2.95. The van der Waals surface area contributed by atoms with E-state index in [9.17, 15) is 20.2 Å². The zero-order valence-corrected chi connectivity index (χ0v) is 11.0. The van der Waals surface area contributed by atoms with E-state index in [0.29, 0.717) is 5.56 Å². The van der Waals surface area contributed by atoms with Gasteiger partial charge in [0.2, 0.25) is 6.54 Å². The van der Waals surface area contributed by atoms with Crippen molar-refractivity contribution in [2.45, 2.75) is 6.04 Å². The van der Waals surface area contributed by atoms with E-state index in [0.717, 1.165) is 5.69 Å². The number of nitrogens with one attached hydrogen (secondary N) is 1. The molecule has 0 saturated carbocycles. The average Bonchev–Trinajstić information content (AvgIpc) is 2.47. The molecule has 2 rings (SSSR count). The van der Waals surface area contributed by atoms with Gasteiger partial charge in [-0.3, -0.25) is 20.2 Å². The van der Waals surface area contributed by atoms with Crippen molar-refractivity contribution in [3.8, 4) is 0 Å². The predicted octanol–water partition coefficient (Wildman–Crippen LogP) is 3.02. The van der Waals surface area contributed by atoms with Gasteiger partial charge in [0.05, 0.1) is 4.92 Å². The third kappa shape index (κ3) is 4.00. The molecule has 0 bridgehead atoms. The first kappa shape index (κ1) is 14.4. The summed E-state index contributed by atoms with van der Waals surface area (Å²) in [4.78, 5) is 20.5. The largest absolute Gasteiger partial charge is 0.372 e. The first-order valence-corrected chi connectivity index (χ1v) is 6.24. The molecule has 0 fully saturated rings. The second-order valence-electron chi connectivity index (χ2n) is 4.43. The number of anilines is 1. The van der Waals surface area contributed by atoms with Crippen molar-refractivity contribution in [1.29, 1.82) is 0 Å². The first-order valence-electron chi connectivity index (χ1n) is 6.24. The van der Waals surface area contributed by atoms with E-state index in [1.165, 1.54) is 24.3 Å². The molecule has 0 radical (unpaired) electrons. The molecule has 21 heavy (non-hydrogen) atoms. The molecule has 0 aliphatic heterocycles. The maximum Gasteiger partial charge on any atom is 0.269 e. The fourth-order valence-electron chi connectivity index (χ4n) is 1.95. The second kappa shape index (κ2) is 6.47. The van der Waals surface area contributed by atoms with Crippen LogP contribution in [0.15, 0.2) is 54.6 Å². The van der Waals surface area contributed by atoms with Crippen LogP contribution in [0, 0.1) is 20.2 Å². The molecule has 7 nitrogen and oxygen atoms in total. The second-order valence-corrected chi connectivity index (χ2v) is 4.43. The Morgan fingerprint density at radius 3 is 2.10 bits per heavy atom. The number of hydrogen-bond acceptors (Lipinski definition) is 5.